The molecule has 0 atom stereocenters. The van der Waals surface area contributed by atoms with Crippen LogP contribution in [0.3, 0.4) is 0 Å². The van der Waals surface area contributed by atoms with Crippen molar-refractivity contribution in [2.75, 3.05) is 39.5 Å². The zero-order valence-electron chi connectivity index (χ0n) is 13.3. The fourth-order valence-corrected chi connectivity index (χ4v) is 2.41. The standard InChI is InChI=1S/C17H28N2O2/c1-15(2)18-14-16-6-3-4-7-17(16)21-13-10-19-8-5-11-20-12-9-19/h3-4,6-7,15,18H,5,8-14H2,1-2H3. The molecule has 0 aliphatic carbocycles. The maximum absolute atomic E-state index is 5.99. The molecule has 0 amide bonds. The molecule has 1 aliphatic rings. The maximum atomic E-state index is 5.99. The van der Waals surface area contributed by atoms with E-state index >= 15 is 0 Å². The van der Waals surface area contributed by atoms with Crippen molar-refractivity contribution in [2.45, 2.75) is 32.9 Å². The van der Waals surface area contributed by atoms with Crippen molar-refractivity contribution in [2.24, 2.45) is 0 Å². The van der Waals surface area contributed by atoms with Crippen LogP contribution in [0.4, 0.5) is 0 Å². The van der Waals surface area contributed by atoms with E-state index in [4.69, 9.17) is 9.47 Å². The summed E-state index contributed by atoms with van der Waals surface area (Å²) in [5, 5.41) is 3.44. The van der Waals surface area contributed by atoms with Crippen molar-refractivity contribution in [1.29, 1.82) is 0 Å². The molecular weight excluding hydrogens is 264 g/mol. The van der Waals surface area contributed by atoms with E-state index in [9.17, 15) is 0 Å². The molecule has 0 radical (unpaired) electrons. The van der Waals surface area contributed by atoms with Crippen LogP contribution in [0.5, 0.6) is 5.75 Å². The Morgan fingerprint density at radius 3 is 2.95 bits per heavy atom. The van der Waals surface area contributed by atoms with Crippen LogP contribution >= 0.6 is 0 Å². The highest BCUT2D eigenvalue weighted by Crippen LogP contribution is 2.17. The topological polar surface area (TPSA) is 33.7 Å². The van der Waals surface area contributed by atoms with Crippen molar-refractivity contribution in [3.05, 3.63) is 29.8 Å². The van der Waals surface area contributed by atoms with Crippen molar-refractivity contribution >= 4 is 0 Å². The van der Waals surface area contributed by atoms with E-state index < -0.39 is 0 Å². The highest BCUT2D eigenvalue weighted by atomic mass is 16.5. The predicted octanol–water partition coefficient (Wildman–Crippen LogP) is 2.29. The van der Waals surface area contributed by atoms with Gasteiger partial charge in [-0.2, -0.15) is 0 Å². The third-order valence-corrected chi connectivity index (χ3v) is 3.65. The highest BCUT2D eigenvalue weighted by molar-refractivity contribution is 5.33. The van der Waals surface area contributed by atoms with Crippen LogP contribution in [0.2, 0.25) is 0 Å². The molecular formula is C17H28N2O2. The van der Waals surface area contributed by atoms with Gasteiger partial charge in [0.15, 0.2) is 0 Å². The summed E-state index contributed by atoms with van der Waals surface area (Å²) in [4.78, 5) is 2.42. The summed E-state index contributed by atoms with van der Waals surface area (Å²) in [6.45, 7) is 10.7. The number of nitrogens with one attached hydrogen (secondary N) is 1. The summed E-state index contributed by atoms with van der Waals surface area (Å²) in [6.07, 6.45) is 1.12. The Bertz CT molecular complexity index is 402. The zero-order valence-corrected chi connectivity index (χ0v) is 13.3. The SMILES string of the molecule is CC(C)NCc1ccccc1OCCN1CCCOCC1. The largest absolute Gasteiger partial charge is 0.492 e. The average molecular weight is 292 g/mol. The van der Waals surface area contributed by atoms with Crippen LogP contribution in [0.1, 0.15) is 25.8 Å². The van der Waals surface area contributed by atoms with Gasteiger partial charge in [-0.1, -0.05) is 32.0 Å². The molecule has 0 unspecified atom stereocenters. The molecule has 0 saturated carbocycles. The van der Waals surface area contributed by atoms with Gasteiger partial charge in [0.2, 0.25) is 0 Å². The smallest absolute Gasteiger partial charge is 0.123 e. The zero-order chi connectivity index (χ0) is 14.9. The average Bonchev–Trinajstić information content (AvgIpc) is 2.75. The third-order valence-electron chi connectivity index (χ3n) is 3.65. The Hall–Kier alpha value is -1.10. The van der Waals surface area contributed by atoms with Gasteiger partial charge < -0.3 is 14.8 Å². The van der Waals surface area contributed by atoms with Gasteiger partial charge in [0.1, 0.15) is 12.4 Å². The molecule has 1 N–H and O–H groups in total. The molecule has 1 aromatic carbocycles. The fraction of sp³-hybridized carbons (Fsp3) is 0.647. The summed E-state index contributed by atoms with van der Waals surface area (Å²) in [5.41, 5.74) is 1.23. The van der Waals surface area contributed by atoms with Gasteiger partial charge in [-0.15, -0.1) is 0 Å². The molecule has 2 rings (SSSR count). The Balaban J connectivity index is 1.79. The summed E-state index contributed by atoms with van der Waals surface area (Å²) in [7, 11) is 0. The predicted molar refractivity (Wildman–Crippen MR) is 85.8 cm³/mol. The second-order valence-corrected chi connectivity index (χ2v) is 5.80. The van der Waals surface area contributed by atoms with Gasteiger partial charge in [-0.05, 0) is 12.5 Å². The number of benzene rings is 1. The molecule has 4 nitrogen and oxygen atoms in total. The molecule has 1 aliphatic heterocycles. The summed E-state index contributed by atoms with van der Waals surface area (Å²) >= 11 is 0. The highest BCUT2D eigenvalue weighted by Gasteiger charge is 2.09. The maximum Gasteiger partial charge on any atom is 0.123 e. The Kier molecular flexibility index (Phi) is 7.00. The van der Waals surface area contributed by atoms with Crippen LogP contribution in [0.25, 0.3) is 0 Å². The van der Waals surface area contributed by atoms with E-state index in [1.807, 2.05) is 6.07 Å². The van der Waals surface area contributed by atoms with Gasteiger partial charge in [-0.25, -0.2) is 0 Å². The van der Waals surface area contributed by atoms with Crippen LogP contribution < -0.4 is 10.1 Å². The van der Waals surface area contributed by atoms with Crippen molar-refractivity contribution in [1.82, 2.24) is 10.2 Å². The fourth-order valence-electron chi connectivity index (χ4n) is 2.41. The monoisotopic (exact) mass is 292 g/mol. The molecule has 0 bridgehead atoms. The first kappa shape index (κ1) is 16.3. The van der Waals surface area contributed by atoms with E-state index in [1.165, 1.54) is 5.56 Å². The molecule has 1 heterocycles. The number of hydrogen-bond acceptors (Lipinski definition) is 4. The van der Waals surface area contributed by atoms with Gasteiger partial charge in [-0.3, -0.25) is 4.90 Å². The third kappa shape index (κ3) is 6.04. The van der Waals surface area contributed by atoms with E-state index in [-0.39, 0.29) is 0 Å². The minimum atomic E-state index is 0.482. The summed E-state index contributed by atoms with van der Waals surface area (Å²) < 4.78 is 11.5. The number of rotatable bonds is 7. The van der Waals surface area contributed by atoms with E-state index in [1.54, 1.807) is 0 Å². The van der Waals surface area contributed by atoms with Crippen molar-refractivity contribution < 1.29 is 9.47 Å². The second kappa shape index (κ2) is 9.03. The van der Waals surface area contributed by atoms with Crippen LogP contribution in [0.15, 0.2) is 24.3 Å². The van der Waals surface area contributed by atoms with E-state index in [2.05, 4.69) is 42.3 Å². The molecule has 0 spiro atoms. The molecule has 4 heteroatoms. The number of nitrogens with zero attached hydrogens (tertiary/aromatic N) is 1. The quantitative estimate of drug-likeness (QED) is 0.836. The first-order valence-corrected chi connectivity index (χ1v) is 8.00. The van der Waals surface area contributed by atoms with E-state index in [0.29, 0.717) is 6.04 Å². The molecule has 1 aromatic rings. The number of para-hydroxylation sites is 1. The first-order valence-electron chi connectivity index (χ1n) is 8.00. The van der Waals surface area contributed by atoms with Gasteiger partial charge in [0.05, 0.1) is 6.61 Å². The summed E-state index contributed by atoms with van der Waals surface area (Å²) in [5.74, 6) is 0.997. The minimum Gasteiger partial charge on any atom is -0.492 e. The Morgan fingerprint density at radius 2 is 2.10 bits per heavy atom. The van der Waals surface area contributed by atoms with Crippen molar-refractivity contribution in [3.63, 3.8) is 0 Å². The molecule has 0 aromatic heterocycles. The lowest BCUT2D eigenvalue weighted by molar-refractivity contribution is 0.137. The molecule has 1 saturated heterocycles. The number of hydrogen-bond donors (Lipinski definition) is 1. The molecule has 1 fully saturated rings. The first-order chi connectivity index (χ1) is 10.3. The van der Waals surface area contributed by atoms with Crippen molar-refractivity contribution in [3.8, 4) is 5.75 Å². The van der Waals surface area contributed by atoms with E-state index in [0.717, 1.165) is 58.2 Å². The lowest BCUT2D eigenvalue weighted by Crippen LogP contribution is -2.31. The lowest BCUT2D eigenvalue weighted by atomic mass is 10.2. The normalized spacial score (nSPS) is 16.9. The Labute approximate surface area is 128 Å². The molecule has 118 valence electrons. The van der Waals surface area contributed by atoms with Gasteiger partial charge in [0.25, 0.3) is 0 Å². The number of ether oxygens (including phenoxy) is 2. The van der Waals surface area contributed by atoms with Crippen LogP contribution in [0, 0.1) is 0 Å². The second-order valence-electron chi connectivity index (χ2n) is 5.80. The van der Waals surface area contributed by atoms with Crippen LogP contribution in [-0.4, -0.2) is 50.4 Å². The van der Waals surface area contributed by atoms with Crippen LogP contribution in [-0.2, 0) is 11.3 Å². The van der Waals surface area contributed by atoms with Gasteiger partial charge in [0, 0.05) is 44.4 Å². The molecule has 21 heavy (non-hydrogen) atoms. The Morgan fingerprint density at radius 1 is 1.24 bits per heavy atom. The van der Waals surface area contributed by atoms with Gasteiger partial charge >= 0.3 is 0 Å². The summed E-state index contributed by atoms with van der Waals surface area (Å²) in [6, 6.07) is 8.77. The minimum absolute atomic E-state index is 0.482. The lowest BCUT2D eigenvalue weighted by Gasteiger charge is -2.20.